The third-order valence-electron chi connectivity index (χ3n) is 10.7. The second-order valence-electron chi connectivity index (χ2n) is 17.4. The summed E-state index contributed by atoms with van der Waals surface area (Å²) in [5.41, 5.74) is 11.5. The van der Waals surface area contributed by atoms with E-state index in [1.165, 1.54) is 20.8 Å². The first-order chi connectivity index (χ1) is 32.1. The maximum absolute atomic E-state index is 13.8. The highest BCUT2D eigenvalue weighted by molar-refractivity contribution is 5.99. The molecule has 0 rings (SSSR count). The summed E-state index contributed by atoms with van der Waals surface area (Å²) in [6.07, 6.45) is -2.46. The highest BCUT2D eigenvalue weighted by Gasteiger charge is 2.37. The third-order valence-corrected chi connectivity index (χ3v) is 10.7. The number of carbonyl (C=O) groups excluding carboxylic acids is 8. The van der Waals surface area contributed by atoms with Crippen molar-refractivity contribution in [1.29, 1.82) is 0 Å². The van der Waals surface area contributed by atoms with E-state index >= 15 is 0 Å². The van der Waals surface area contributed by atoms with Crippen LogP contribution in [0.4, 0.5) is 0 Å². The van der Waals surface area contributed by atoms with Crippen LogP contribution in [0.25, 0.3) is 0 Å². The number of hydrogen-bond acceptors (Lipinski definition) is 16. The molecule has 0 aromatic heterocycles. The first-order valence-corrected chi connectivity index (χ1v) is 22.6. The van der Waals surface area contributed by atoms with Crippen LogP contribution in [-0.2, 0) is 52.7 Å². The van der Waals surface area contributed by atoms with Crippen LogP contribution in [0, 0.1) is 17.8 Å². The van der Waals surface area contributed by atoms with Gasteiger partial charge >= 0.3 is 17.9 Å². The zero-order valence-corrected chi connectivity index (χ0v) is 40.1. The van der Waals surface area contributed by atoms with Gasteiger partial charge in [-0.25, -0.2) is 4.79 Å². The summed E-state index contributed by atoms with van der Waals surface area (Å²) in [7, 11) is 0. The first-order valence-electron chi connectivity index (χ1n) is 22.6. The van der Waals surface area contributed by atoms with Gasteiger partial charge in [-0.3, -0.25) is 47.9 Å². The van der Waals surface area contributed by atoms with Crippen LogP contribution in [0.5, 0.6) is 0 Å². The number of hydrogen-bond donors (Lipinski definition) is 16. The molecule has 69 heavy (non-hydrogen) atoms. The standard InChI is InChI=1S/C42H74N10O17/c1-8-21(6)32(51-39(65)28(18-54)49-38(64)27(17-53)48-36(62)25(15-19(2)3)46-34(60)23(44)11-9-10-14-43)40(66)45-24(12-13-29(56)57)35(61)52-33(22(7)55)41(67)47-26(16-30(58)59)37(63)50-31(20(4)5)42(68)69/h19-28,31-33,53-55H,8-18,43-44H2,1-7H3,(H,45,66)(H,46,60)(H,47,67)(H,48,62)(H,49,64)(H,50,63)(H,51,65)(H,52,61)(H,56,57)(H,58,59)(H,68,69)/t21-,22+,23-,24-,25-,26-,27-,28-,31-,32-,33-/m0/s1. The molecule has 0 spiro atoms. The molecule has 0 heterocycles. The van der Waals surface area contributed by atoms with Gasteiger partial charge < -0.3 is 84.6 Å². The summed E-state index contributed by atoms with van der Waals surface area (Å²) in [6.45, 7) is 8.89. The Morgan fingerprint density at radius 1 is 0.507 bits per heavy atom. The van der Waals surface area contributed by atoms with Gasteiger partial charge in [0, 0.05) is 6.42 Å². The van der Waals surface area contributed by atoms with Gasteiger partial charge in [0.25, 0.3) is 0 Å². The SMILES string of the molecule is CC[C@H](C)[C@H](NC(=O)[C@H](CO)NC(=O)[C@H](CO)NC(=O)[C@H](CC(C)C)NC(=O)[C@@H](N)CCCCN)C(=O)N[C@@H](CCC(=O)O)C(=O)N[C@H](C(=O)N[C@@H](CC(=O)O)C(=O)N[C@H](C(=O)O)C(C)C)[C@@H](C)O. The molecule has 0 aliphatic heterocycles. The van der Waals surface area contributed by atoms with Gasteiger partial charge in [-0.1, -0.05) is 54.4 Å². The van der Waals surface area contributed by atoms with Crippen molar-refractivity contribution in [3.8, 4) is 0 Å². The number of carbonyl (C=O) groups is 11. The summed E-state index contributed by atoms with van der Waals surface area (Å²) < 4.78 is 0. The summed E-state index contributed by atoms with van der Waals surface area (Å²) >= 11 is 0. The quantitative estimate of drug-likeness (QED) is 0.0268. The molecule has 0 saturated carbocycles. The molecule has 0 saturated heterocycles. The monoisotopic (exact) mass is 991 g/mol. The summed E-state index contributed by atoms with van der Waals surface area (Å²) in [5.74, 6) is -14.8. The molecule has 0 fully saturated rings. The van der Waals surface area contributed by atoms with Crippen molar-refractivity contribution in [2.24, 2.45) is 29.2 Å². The number of aliphatic hydroxyl groups excluding tert-OH is 3. The van der Waals surface area contributed by atoms with Crippen molar-refractivity contribution in [3.05, 3.63) is 0 Å². The van der Waals surface area contributed by atoms with E-state index in [1.54, 1.807) is 20.8 Å². The molecule has 27 nitrogen and oxygen atoms in total. The minimum atomic E-state index is -1.98. The van der Waals surface area contributed by atoms with E-state index < -0.39 is 170 Å². The average Bonchev–Trinajstić information content (AvgIpc) is 3.26. The average molecular weight is 991 g/mol. The molecule has 11 atom stereocenters. The second kappa shape index (κ2) is 31.9. The van der Waals surface area contributed by atoms with E-state index in [4.69, 9.17) is 11.5 Å². The van der Waals surface area contributed by atoms with E-state index in [0.717, 1.165) is 6.92 Å². The topological polar surface area (TPSA) is 457 Å². The molecule has 394 valence electrons. The Bertz CT molecular complexity index is 1770. The predicted molar refractivity (Wildman–Crippen MR) is 243 cm³/mol. The Morgan fingerprint density at radius 3 is 1.39 bits per heavy atom. The van der Waals surface area contributed by atoms with Crippen LogP contribution in [0.2, 0.25) is 0 Å². The van der Waals surface area contributed by atoms with Gasteiger partial charge in [-0.2, -0.15) is 0 Å². The van der Waals surface area contributed by atoms with Crippen molar-refractivity contribution in [1.82, 2.24) is 42.5 Å². The maximum atomic E-state index is 13.8. The molecule has 0 bridgehead atoms. The molecule has 0 unspecified atom stereocenters. The largest absolute Gasteiger partial charge is 0.481 e. The van der Waals surface area contributed by atoms with Gasteiger partial charge in [0.2, 0.25) is 47.3 Å². The molecular formula is C42H74N10O17. The number of nitrogens with two attached hydrogens (primary N) is 2. The lowest BCUT2D eigenvalue weighted by Crippen LogP contribution is -2.63. The number of aliphatic hydroxyl groups is 3. The van der Waals surface area contributed by atoms with Crippen molar-refractivity contribution >= 4 is 65.2 Å². The zero-order chi connectivity index (χ0) is 53.3. The van der Waals surface area contributed by atoms with Gasteiger partial charge in [0.15, 0.2) is 0 Å². The molecule has 0 aliphatic carbocycles. The smallest absolute Gasteiger partial charge is 0.326 e. The van der Waals surface area contributed by atoms with Crippen LogP contribution in [0.3, 0.4) is 0 Å². The van der Waals surface area contributed by atoms with Crippen molar-refractivity contribution in [2.75, 3.05) is 19.8 Å². The highest BCUT2D eigenvalue weighted by atomic mass is 16.4. The molecule has 27 heteroatoms. The van der Waals surface area contributed by atoms with Crippen molar-refractivity contribution in [3.63, 3.8) is 0 Å². The Kier molecular flexibility index (Phi) is 29.1. The van der Waals surface area contributed by atoms with Gasteiger partial charge in [-0.05, 0) is 56.9 Å². The molecule has 0 aromatic carbocycles. The Balaban J connectivity index is 6.34. The van der Waals surface area contributed by atoms with Crippen molar-refractivity contribution in [2.45, 2.75) is 160 Å². The fourth-order valence-electron chi connectivity index (χ4n) is 6.38. The van der Waals surface area contributed by atoms with Crippen LogP contribution >= 0.6 is 0 Å². The lowest BCUT2D eigenvalue weighted by molar-refractivity contribution is -0.145. The number of carboxylic acid groups (broad SMARTS) is 3. The lowest BCUT2D eigenvalue weighted by atomic mass is 9.97. The van der Waals surface area contributed by atoms with E-state index in [-0.39, 0.29) is 18.8 Å². The number of nitrogens with one attached hydrogen (secondary N) is 8. The zero-order valence-electron chi connectivity index (χ0n) is 40.1. The van der Waals surface area contributed by atoms with Crippen molar-refractivity contribution < 1.29 is 83.4 Å². The summed E-state index contributed by atoms with van der Waals surface area (Å²) in [4.78, 5) is 142. The summed E-state index contributed by atoms with van der Waals surface area (Å²) in [5, 5.41) is 76.9. The second-order valence-corrected chi connectivity index (χ2v) is 17.4. The highest BCUT2D eigenvalue weighted by Crippen LogP contribution is 2.12. The van der Waals surface area contributed by atoms with Crippen LogP contribution in [0.1, 0.15) is 99.8 Å². The number of amides is 8. The minimum Gasteiger partial charge on any atom is -0.481 e. The van der Waals surface area contributed by atoms with Crippen LogP contribution in [-0.4, -0.2) is 176 Å². The molecular weight excluding hydrogens is 917 g/mol. The predicted octanol–water partition coefficient (Wildman–Crippen LogP) is -5.14. The van der Waals surface area contributed by atoms with E-state index in [0.29, 0.717) is 25.8 Å². The Hall–Kier alpha value is -6.03. The fourth-order valence-corrected chi connectivity index (χ4v) is 6.38. The fraction of sp³-hybridized carbons (Fsp3) is 0.738. The number of aliphatic carboxylic acids is 3. The van der Waals surface area contributed by atoms with Gasteiger partial charge in [-0.15, -0.1) is 0 Å². The van der Waals surface area contributed by atoms with Gasteiger partial charge in [0.05, 0.1) is 31.8 Å². The normalized spacial score (nSPS) is 16.0. The third kappa shape index (κ3) is 23.2. The van der Waals surface area contributed by atoms with Crippen LogP contribution in [0.15, 0.2) is 0 Å². The molecule has 0 radical (unpaired) electrons. The van der Waals surface area contributed by atoms with E-state index in [9.17, 15) is 83.4 Å². The minimum absolute atomic E-state index is 0.106. The molecule has 18 N–H and O–H groups in total. The molecule has 0 aromatic rings. The van der Waals surface area contributed by atoms with E-state index in [1.807, 2.05) is 0 Å². The molecule has 8 amide bonds. The number of unbranched alkanes of at least 4 members (excludes halogenated alkanes) is 1. The number of carboxylic acids is 3. The Labute approximate surface area is 399 Å². The van der Waals surface area contributed by atoms with E-state index in [2.05, 4.69) is 42.5 Å². The lowest BCUT2D eigenvalue weighted by Gasteiger charge is -2.29. The molecule has 0 aliphatic rings. The maximum Gasteiger partial charge on any atom is 0.326 e. The summed E-state index contributed by atoms with van der Waals surface area (Å²) in [6, 6.07) is -14.4. The van der Waals surface area contributed by atoms with Crippen LogP contribution < -0.4 is 54.0 Å². The van der Waals surface area contributed by atoms with Gasteiger partial charge in [0.1, 0.15) is 48.3 Å². The number of rotatable bonds is 34. The Morgan fingerprint density at radius 2 is 0.942 bits per heavy atom. The first kappa shape index (κ1) is 63.0.